The fourth-order valence-corrected chi connectivity index (χ4v) is 2.34. The van der Waals surface area contributed by atoms with E-state index in [1.165, 1.54) is 0 Å². The minimum atomic E-state index is -1.31. The lowest BCUT2D eigenvalue weighted by atomic mass is 9.81. The average molecular weight is 319 g/mol. The number of Topliss-reactive ketones (excluding diaryl/α,β-unsaturated/α-hetero) is 1. The molecule has 124 valence electrons. The molecule has 0 aromatic heterocycles. The molecule has 1 fully saturated rings. The van der Waals surface area contributed by atoms with Crippen molar-refractivity contribution >= 4 is 17.8 Å². The monoisotopic (exact) mass is 319 g/mol. The van der Waals surface area contributed by atoms with Gasteiger partial charge >= 0.3 is 12.1 Å². The normalized spacial score (nSPS) is 15.2. The molecule has 0 heterocycles. The number of carbonyl (C=O) groups excluding carboxylic acids is 3. The summed E-state index contributed by atoms with van der Waals surface area (Å²) in [6.45, 7) is 1.79. The molecule has 6 heteroatoms. The summed E-state index contributed by atoms with van der Waals surface area (Å²) in [4.78, 5) is 36.1. The molecule has 1 unspecified atom stereocenters. The van der Waals surface area contributed by atoms with Crippen LogP contribution in [0.25, 0.3) is 0 Å². The summed E-state index contributed by atoms with van der Waals surface area (Å²) in [7, 11) is 0. The fraction of sp³-hybridized carbons (Fsp3) is 0.471. The molecular formula is C17H21NO5. The Labute approximate surface area is 135 Å². The third-order valence-corrected chi connectivity index (χ3v) is 3.77. The molecule has 1 aliphatic rings. The summed E-state index contributed by atoms with van der Waals surface area (Å²) in [5.41, 5.74) is 0. The van der Waals surface area contributed by atoms with Crippen molar-refractivity contribution in [2.24, 2.45) is 5.92 Å². The van der Waals surface area contributed by atoms with Gasteiger partial charge in [0.2, 0.25) is 0 Å². The highest BCUT2D eigenvalue weighted by Gasteiger charge is 2.33. The lowest BCUT2D eigenvalue weighted by molar-refractivity contribution is -0.148. The number of carbonyl (C=O) groups is 3. The maximum Gasteiger partial charge on any atom is 0.413 e. The number of esters is 1. The number of benzene rings is 1. The first-order chi connectivity index (χ1) is 11.1. The van der Waals surface area contributed by atoms with Gasteiger partial charge in [0, 0.05) is 6.42 Å². The first-order valence-corrected chi connectivity index (χ1v) is 7.83. The third-order valence-electron chi connectivity index (χ3n) is 3.77. The van der Waals surface area contributed by atoms with E-state index in [4.69, 9.17) is 9.47 Å². The van der Waals surface area contributed by atoms with Crippen molar-refractivity contribution in [2.45, 2.75) is 38.6 Å². The van der Waals surface area contributed by atoms with Crippen LogP contribution in [0.3, 0.4) is 0 Å². The molecule has 1 aromatic rings. The zero-order valence-corrected chi connectivity index (χ0v) is 13.1. The standard InChI is InChI=1S/C17H21NO5/c1-2-22-16(20)15(14(19)11-12-7-6-8-12)18-17(21)23-13-9-4-3-5-10-13/h3-5,9-10,12,15H,2,6-8,11H2,1H3,(H,18,21). The molecule has 0 spiro atoms. The second kappa shape index (κ2) is 8.31. The van der Waals surface area contributed by atoms with E-state index in [0.717, 1.165) is 19.3 Å². The maximum absolute atomic E-state index is 12.3. The van der Waals surface area contributed by atoms with E-state index in [0.29, 0.717) is 11.7 Å². The van der Waals surface area contributed by atoms with E-state index in [2.05, 4.69) is 5.32 Å². The molecule has 0 saturated heterocycles. The second-order valence-corrected chi connectivity index (χ2v) is 5.50. The number of hydrogen-bond donors (Lipinski definition) is 1. The van der Waals surface area contributed by atoms with Gasteiger partial charge in [-0.3, -0.25) is 4.79 Å². The highest BCUT2D eigenvalue weighted by molar-refractivity contribution is 6.05. The van der Waals surface area contributed by atoms with Crippen LogP contribution in [0.15, 0.2) is 30.3 Å². The molecule has 1 amide bonds. The molecule has 0 aliphatic heterocycles. The fourth-order valence-electron chi connectivity index (χ4n) is 2.34. The molecule has 1 atom stereocenters. The van der Waals surface area contributed by atoms with Crippen LogP contribution in [0.4, 0.5) is 4.79 Å². The summed E-state index contributed by atoms with van der Waals surface area (Å²) in [6, 6.07) is 7.12. The van der Waals surface area contributed by atoms with Crippen molar-refractivity contribution in [1.82, 2.24) is 5.32 Å². The number of ether oxygens (including phenoxy) is 2. The Balaban J connectivity index is 1.96. The van der Waals surface area contributed by atoms with Crippen molar-refractivity contribution in [3.05, 3.63) is 30.3 Å². The van der Waals surface area contributed by atoms with Gasteiger partial charge in [-0.05, 0) is 25.0 Å². The van der Waals surface area contributed by atoms with Gasteiger partial charge in [0.25, 0.3) is 0 Å². The van der Waals surface area contributed by atoms with Gasteiger partial charge in [-0.25, -0.2) is 9.59 Å². The number of ketones is 1. The van der Waals surface area contributed by atoms with E-state index in [1.807, 2.05) is 0 Å². The smallest absolute Gasteiger partial charge is 0.413 e. The zero-order chi connectivity index (χ0) is 16.7. The number of rotatable bonds is 7. The van der Waals surface area contributed by atoms with Gasteiger partial charge < -0.3 is 14.8 Å². The Morgan fingerprint density at radius 3 is 2.48 bits per heavy atom. The molecule has 0 bridgehead atoms. The molecule has 1 aliphatic carbocycles. The molecule has 0 radical (unpaired) electrons. The summed E-state index contributed by atoms with van der Waals surface area (Å²) in [5.74, 6) is -0.453. The predicted octanol–water partition coefficient (Wildman–Crippen LogP) is 2.47. The van der Waals surface area contributed by atoms with E-state index in [-0.39, 0.29) is 18.8 Å². The molecule has 1 N–H and O–H groups in total. The summed E-state index contributed by atoms with van der Waals surface area (Å²) >= 11 is 0. The van der Waals surface area contributed by atoms with Crippen LogP contribution in [-0.2, 0) is 14.3 Å². The van der Waals surface area contributed by atoms with Gasteiger partial charge in [-0.1, -0.05) is 37.5 Å². The number of para-hydroxylation sites is 1. The van der Waals surface area contributed by atoms with Crippen molar-refractivity contribution in [3.8, 4) is 5.75 Å². The van der Waals surface area contributed by atoms with Crippen molar-refractivity contribution in [3.63, 3.8) is 0 Å². The van der Waals surface area contributed by atoms with E-state index in [1.54, 1.807) is 37.3 Å². The van der Waals surface area contributed by atoms with Crippen LogP contribution in [0.2, 0.25) is 0 Å². The number of amides is 1. The average Bonchev–Trinajstić information content (AvgIpc) is 2.49. The van der Waals surface area contributed by atoms with Crippen LogP contribution < -0.4 is 10.1 Å². The highest BCUT2D eigenvalue weighted by Crippen LogP contribution is 2.29. The van der Waals surface area contributed by atoms with Crippen LogP contribution in [0.1, 0.15) is 32.6 Å². The lowest BCUT2D eigenvalue weighted by Gasteiger charge is -2.26. The molecule has 2 rings (SSSR count). The molecule has 6 nitrogen and oxygen atoms in total. The Kier molecular flexibility index (Phi) is 6.14. The third kappa shape index (κ3) is 5.09. The summed E-state index contributed by atoms with van der Waals surface area (Å²) in [6.07, 6.45) is 2.49. The van der Waals surface area contributed by atoms with Crippen molar-refractivity contribution in [1.29, 1.82) is 0 Å². The van der Waals surface area contributed by atoms with Gasteiger partial charge in [0.1, 0.15) is 5.75 Å². The van der Waals surface area contributed by atoms with Crippen LogP contribution >= 0.6 is 0 Å². The van der Waals surface area contributed by atoms with Gasteiger partial charge in [-0.15, -0.1) is 0 Å². The molecule has 23 heavy (non-hydrogen) atoms. The van der Waals surface area contributed by atoms with Gasteiger partial charge in [-0.2, -0.15) is 0 Å². The Morgan fingerprint density at radius 2 is 1.91 bits per heavy atom. The first-order valence-electron chi connectivity index (χ1n) is 7.83. The molecule has 1 saturated carbocycles. The first kappa shape index (κ1) is 17.0. The van der Waals surface area contributed by atoms with Crippen molar-refractivity contribution < 1.29 is 23.9 Å². The quantitative estimate of drug-likeness (QED) is 0.617. The summed E-state index contributed by atoms with van der Waals surface area (Å²) in [5, 5.41) is 2.32. The molecular weight excluding hydrogens is 298 g/mol. The Bertz CT molecular complexity index is 553. The highest BCUT2D eigenvalue weighted by atomic mass is 16.6. The van der Waals surface area contributed by atoms with E-state index in [9.17, 15) is 14.4 Å². The minimum absolute atomic E-state index is 0.140. The zero-order valence-electron chi connectivity index (χ0n) is 13.1. The van der Waals surface area contributed by atoms with Crippen LogP contribution in [0, 0.1) is 5.92 Å². The summed E-state index contributed by atoms with van der Waals surface area (Å²) < 4.78 is 9.94. The lowest BCUT2D eigenvalue weighted by Crippen LogP contribution is -2.49. The van der Waals surface area contributed by atoms with Gasteiger partial charge in [0.05, 0.1) is 6.61 Å². The maximum atomic E-state index is 12.3. The van der Waals surface area contributed by atoms with Gasteiger partial charge in [0.15, 0.2) is 11.8 Å². The Hall–Kier alpha value is -2.37. The largest absolute Gasteiger partial charge is 0.464 e. The van der Waals surface area contributed by atoms with Crippen LogP contribution in [-0.4, -0.2) is 30.5 Å². The predicted molar refractivity (Wildman–Crippen MR) is 83.0 cm³/mol. The number of nitrogens with one attached hydrogen (secondary N) is 1. The number of hydrogen-bond acceptors (Lipinski definition) is 5. The SMILES string of the molecule is CCOC(=O)C(NC(=O)Oc1ccccc1)C(=O)CC1CCC1. The van der Waals surface area contributed by atoms with Crippen molar-refractivity contribution in [2.75, 3.05) is 6.61 Å². The second-order valence-electron chi connectivity index (χ2n) is 5.50. The topological polar surface area (TPSA) is 81.7 Å². The van der Waals surface area contributed by atoms with E-state index < -0.39 is 18.1 Å². The minimum Gasteiger partial charge on any atom is -0.464 e. The van der Waals surface area contributed by atoms with E-state index >= 15 is 0 Å². The van der Waals surface area contributed by atoms with Crippen LogP contribution in [0.5, 0.6) is 5.75 Å². The Morgan fingerprint density at radius 1 is 1.22 bits per heavy atom. The molecule has 1 aromatic carbocycles.